The summed E-state index contributed by atoms with van der Waals surface area (Å²) in [5, 5.41) is 0. The zero-order valence-electron chi connectivity index (χ0n) is 17.9. The van der Waals surface area contributed by atoms with Crippen LogP contribution in [0.25, 0.3) is 0 Å². The summed E-state index contributed by atoms with van der Waals surface area (Å²) in [7, 11) is 0. The fraction of sp³-hybridized carbons (Fsp3) is 0.739. The summed E-state index contributed by atoms with van der Waals surface area (Å²) in [6.45, 7) is 9.84. The topological polar surface area (TPSA) is 89.5 Å². The summed E-state index contributed by atoms with van der Waals surface area (Å²) in [6, 6.07) is 0. The third-order valence-electron chi connectivity index (χ3n) is 4.26. The summed E-state index contributed by atoms with van der Waals surface area (Å²) in [4.78, 5) is 21.9. The minimum atomic E-state index is -0.621. The van der Waals surface area contributed by atoms with Gasteiger partial charge in [-0.1, -0.05) is 20.6 Å². The van der Waals surface area contributed by atoms with Gasteiger partial charge in [-0.05, 0) is 63.2 Å². The van der Waals surface area contributed by atoms with Gasteiger partial charge in [0.05, 0.1) is 52.2 Å². The second-order valence-corrected chi connectivity index (χ2v) is 7.19. The average molecular weight is 445 g/mol. The monoisotopic (exact) mass is 444 g/mol. The molecule has 0 bridgehead atoms. The molecular weight excluding hydrogens is 404 g/mol. The number of carbonyl (C=O) groups is 2. The molecule has 180 valence electrons. The third-order valence-corrected chi connectivity index (χ3v) is 4.26. The van der Waals surface area contributed by atoms with Crippen LogP contribution >= 0.6 is 0 Å². The Bertz CT molecular complexity index is 446. The Morgan fingerprint density at radius 2 is 1.00 bits per heavy atom. The largest absolute Gasteiger partial charge is 0.508 e. The molecule has 0 unspecified atom stereocenters. The lowest BCUT2D eigenvalue weighted by atomic mass is 10.3. The van der Waals surface area contributed by atoms with Crippen LogP contribution in [0.2, 0.25) is 0 Å². The van der Waals surface area contributed by atoms with Crippen LogP contribution < -0.4 is 0 Å². The van der Waals surface area contributed by atoms with E-state index in [-0.39, 0.29) is 7.43 Å². The minimum absolute atomic E-state index is 0. The lowest BCUT2D eigenvalue weighted by Gasteiger charge is -2.06. The van der Waals surface area contributed by atoms with Crippen molar-refractivity contribution in [2.24, 2.45) is 11.8 Å². The zero-order valence-corrected chi connectivity index (χ0v) is 17.9. The SMILES string of the molecule is C.C=COCCCCOC(=O)OCCCCOC=C.O=C(OCC1CC1)OCC1CC1. The highest BCUT2D eigenvalue weighted by atomic mass is 16.7. The number of unbranched alkanes of at least 4 members (excludes halogenated alkanes) is 2. The van der Waals surface area contributed by atoms with Gasteiger partial charge in [0, 0.05) is 0 Å². The molecule has 2 saturated carbocycles. The van der Waals surface area contributed by atoms with E-state index in [0.717, 1.165) is 25.7 Å². The second-order valence-electron chi connectivity index (χ2n) is 7.19. The average Bonchev–Trinajstić information content (AvgIpc) is 3.65. The van der Waals surface area contributed by atoms with Gasteiger partial charge < -0.3 is 28.4 Å². The Labute approximate surface area is 186 Å². The van der Waals surface area contributed by atoms with E-state index in [0.29, 0.717) is 51.5 Å². The molecule has 8 heteroatoms. The summed E-state index contributed by atoms with van der Waals surface area (Å²) in [5.41, 5.74) is 0. The highest BCUT2D eigenvalue weighted by Gasteiger charge is 2.25. The van der Waals surface area contributed by atoms with Gasteiger partial charge in [-0.2, -0.15) is 0 Å². The first-order valence-corrected chi connectivity index (χ1v) is 10.7. The van der Waals surface area contributed by atoms with Crippen molar-refractivity contribution in [3.8, 4) is 0 Å². The Morgan fingerprint density at radius 1 is 0.645 bits per heavy atom. The van der Waals surface area contributed by atoms with E-state index in [1.807, 2.05) is 0 Å². The van der Waals surface area contributed by atoms with Gasteiger partial charge in [0.2, 0.25) is 0 Å². The molecule has 0 radical (unpaired) electrons. The first-order valence-electron chi connectivity index (χ1n) is 10.7. The van der Waals surface area contributed by atoms with Crippen molar-refractivity contribution in [3.63, 3.8) is 0 Å². The molecule has 0 amide bonds. The van der Waals surface area contributed by atoms with Crippen molar-refractivity contribution in [2.45, 2.75) is 58.8 Å². The predicted molar refractivity (Wildman–Crippen MR) is 118 cm³/mol. The fourth-order valence-corrected chi connectivity index (χ4v) is 2.08. The zero-order chi connectivity index (χ0) is 21.9. The number of ether oxygens (including phenoxy) is 6. The van der Waals surface area contributed by atoms with Crippen LogP contribution in [-0.4, -0.2) is 52.0 Å². The molecule has 0 saturated heterocycles. The number of carbonyl (C=O) groups excluding carboxylic acids is 2. The predicted octanol–water partition coefficient (Wildman–Crippen LogP) is 5.62. The molecule has 31 heavy (non-hydrogen) atoms. The van der Waals surface area contributed by atoms with Crippen LogP contribution in [0, 0.1) is 11.8 Å². The molecule has 2 aliphatic rings. The number of rotatable bonds is 16. The minimum Gasteiger partial charge on any atom is -0.502 e. The van der Waals surface area contributed by atoms with Crippen LogP contribution in [0.5, 0.6) is 0 Å². The molecule has 0 atom stereocenters. The van der Waals surface area contributed by atoms with Crippen LogP contribution in [0.3, 0.4) is 0 Å². The van der Waals surface area contributed by atoms with E-state index >= 15 is 0 Å². The van der Waals surface area contributed by atoms with Crippen LogP contribution in [0.15, 0.2) is 25.7 Å². The van der Waals surface area contributed by atoms with Gasteiger partial charge in [-0.3, -0.25) is 0 Å². The van der Waals surface area contributed by atoms with Crippen LogP contribution in [0.1, 0.15) is 58.8 Å². The smallest absolute Gasteiger partial charge is 0.502 e. The van der Waals surface area contributed by atoms with Gasteiger partial charge in [-0.25, -0.2) is 9.59 Å². The molecule has 0 aromatic heterocycles. The first kappa shape index (κ1) is 28.6. The molecule has 2 aliphatic carbocycles. The Hall–Kier alpha value is -2.38. The molecule has 2 rings (SSSR count). The first-order chi connectivity index (χ1) is 14.7. The molecule has 0 aliphatic heterocycles. The van der Waals surface area contributed by atoms with Crippen molar-refractivity contribution in [3.05, 3.63) is 25.7 Å². The van der Waals surface area contributed by atoms with Crippen molar-refractivity contribution in [1.29, 1.82) is 0 Å². The highest BCUT2D eigenvalue weighted by molar-refractivity contribution is 5.60. The molecular formula is C23H40O8. The normalized spacial score (nSPS) is 13.9. The quantitative estimate of drug-likeness (QED) is 0.172. The third kappa shape index (κ3) is 20.7. The van der Waals surface area contributed by atoms with Gasteiger partial charge in [0.1, 0.15) is 0 Å². The maximum absolute atomic E-state index is 11.1. The molecule has 0 heterocycles. The molecule has 0 aromatic rings. The van der Waals surface area contributed by atoms with E-state index in [2.05, 4.69) is 13.2 Å². The summed E-state index contributed by atoms with van der Waals surface area (Å²) >= 11 is 0. The van der Waals surface area contributed by atoms with E-state index in [1.54, 1.807) is 0 Å². The maximum Gasteiger partial charge on any atom is 0.508 e. The standard InChI is InChI=1S/C13H22O5.C9H14O3.CH4/c1-3-15-9-5-7-11-17-13(14)18-12-8-6-10-16-4-2;10-9(11-5-7-1-2-7)12-6-8-3-4-8;/h3-4H,1-2,5-12H2;7-8H,1-6H2;1H4. The van der Waals surface area contributed by atoms with Crippen molar-refractivity contribution < 1.29 is 38.0 Å². The Balaban J connectivity index is 0.000000598. The highest BCUT2D eigenvalue weighted by Crippen LogP contribution is 2.30. The van der Waals surface area contributed by atoms with Crippen molar-refractivity contribution >= 4 is 12.3 Å². The second kappa shape index (κ2) is 19.6. The number of hydrogen-bond donors (Lipinski definition) is 0. The van der Waals surface area contributed by atoms with E-state index in [4.69, 9.17) is 28.4 Å². The number of hydrogen-bond acceptors (Lipinski definition) is 8. The van der Waals surface area contributed by atoms with Gasteiger partial charge in [-0.15, -0.1) is 0 Å². The van der Waals surface area contributed by atoms with Gasteiger partial charge in [0.15, 0.2) is 0 Å². The van der Waals surface area contributed by atoms with E-state index < -0.39 is 12.3 Å². The van der Waals surface area contributed by atoms with Crippen LogP contribution in [0.4, 0.5) is 9.59 Å². The van der Waals surface area contributed by atoms with E-state index in [9.17, 15) is 9.59 Å². The molecule has 8 nitrogen and oxygen atoms in total. The van der Waals surface area contributed by atoms with Crippen molar-refractivity contribution in [2.75, 3.05) is 39.6 Å². The molecule has 0 N–H and O–H groups in total. The lowest BCUT2D eigenvalue weighted by Crippen LogP contribution is -2.10. The lowest BCUT2D eigenvalue weighted by molar-refractivity contribution is 0.0487. The maximum atomic E-state index is 11.1. The summed E-state index contributed by atoms with van der Waals surface area (Å²) < 4.78 is 29.3. The van der Waals surface area contributed by atoms with Crippen molar-refractivity contribution in [1.82, 2.24) is 0 Å². The summed E-state index contributed by atoms with van der Waals surface area (Å²) in [6.07, 6.45) is 9.63. The molecule has 0 aromatic carbocycles. The molecule has 0 spiro atoms. The Kier molecular flexibility index (Phi) is 18.1. The van der Waals surface area contributed by atoms with Crippen LogP contribution in [-0.2, 0) is 28.4 Å². The van der Waals surface area contributed by atoms with Gasteiger partial charge >= 0.3 is 12.3 Å². The Morgan fingerprint density at radius 3 is 1.35 bits per heavy atom. The summed E-state index contributed by atoms with van der Waals surface area (Å²) in [5.74, 6) is 1.25. The fourth-order valence-electron chi connectivity index (χ4n) is 2.08. The molecule has 2 fully saturated rings. The van der Waals surface area contributed by atoms with E-state index in [1.165, 1.54) is 38.2 Å². The van der Waals surface area contributed by atoms with Gasteiger partial charge in [0.25, 0.3) is 0 Å².